The van der Waals surface area contributed by atoms with Crippen molar-refractivity contribution in [1.82, 2.24) is 0 Å². The van der Waals surface area contributed by atoms with Crippen molar-refractivity contribution in [2.75, 3.05) is 24.9 Å². The highest BCUT2D eigenvalue weighted by molar-refractivity contribution is 6.31. The highest BCUT2D eigenvalue weighted by Gasteiger charge is 2.48. The minimum atomic E-state index is -0.375. The van der Waals surface area contributed by atoms with Crippen LogP contribution in [0.3, 0.4) is 0 Å². The van der Waals surface area contributed by atoms with E-state index >= 15 is 0 Å². The van der Waals surface area contributed by atoms with Gasteiger partial charge in [-0.15, -0.1) is 0 Å². The molecule has 0 heterocycles. The molecule has 3 rings (SSSR count). The highest BCUT2D eigenvalue weighted by atomic mass is 35.5. The first-order valence-electron chi connectivity index (χ1n) is 8.53. The van der Waals surface area contributed by atoms with E-state index in [-0.39, 0.29) is 23.7 Å². The maximum atomic E-state index is 12.5. The molecule has 2 atom stereocenters. The average molecular weight is 389 g/mol. The summed E-state index contributed by atoms with van der Waals surface area (Å²) in [6.07, 6.45) is 0.504. The maximum absolute atomic E-state index is 12.5. The van der Waals surface area contributed by atoms with Crippen LogP contribution in [0.5, 0.6) is 11.5 Å². The van der Waals surface area contributed by atoms with Crippen LogP contribution in [0.1, 0.15) is 12.0 Å². The molecule has 2 aromatic rings. The molecule has 1 aliphatic rings. The van der Waals surface area contributed by atoms with Crippen LogP contribution in [0, 0.1) is 18.8 Å². The summed E-state index contributed by atoms with van der Waals surface area (Å²) in [4.78, 5) is 25.0. The first kappa shape index (κ1) is 19.0. The van der Waals surface area contributed by atoms with Gasteiger partial charge in [-0.1, -0.05) is 17.7 Å². The van der Waals surface area contributed by atoms with E-state index in [0.717, 1.165) is 5.56 Å². The Hall–Kier alpha value is -2.73. The van der Waals surface area contributed by atoms with Crippen molar-refractivity contribution in [1.29, 1.82) is 0 Å². The summed E-state index contributed by atoms with van der Waals surface area (Å²) in [5, 5.41) is 6.22. The molecule has 2 amide bonds. The number of hydrogen-bond donors (Lipinski definition) is 2. The van der Waals surface area contributed by atoms with Gasteiger partial charge in [0.15, 0.2) is 0 Å². The number of rotatable bonds is 6. The smallest absolute Gasteiger partial charge is 0.228 e. The van der Waals surface area contributed by atoms with Crippen LogP contribution in [-0.2, 0) is 9.59 Å². The summed E-state index contributed by atoms with van der Waals surface area (Å²) < 4.78 is 10.4. The Morgan fingerprint density at radius 1 is 0.963 bits per heavy atom. The number of carbonyl (C=O) groups excluding carboxylic acids is 2. The fourth-order valence-corrected chi connectivity index (χ4v) is 3.04. The number of amides is 2. The summed E-state index contributed by atoms with van der Waals surface area (Å²) in [5.74, 6) is -0.00370. The molecule has 1 saturated carbocycles. The monoisotopic (exact) mass is 388 g/mol. The Kier molecular flexibility index (Phi) is 5.56. The first-order chi connectivity index (χ1) is 12.9. The third kappa shape index (κ3) is 4.34. The van der Waals surface area contributed by atoms with Gasteiger partial charge in [0, 0.05) is 16.8 Å². The first-order valence-corrected chi connectivity index (χ1v) is 8.90. The second-order valence-electron chi connectivity index (χ2n) is 6.45. The van der Waals surface area contributed by atoms with Gasteiger partial charge in [-0.25, -0.2) is 0 Å². The van der Waals surface area contributed by atoms with Crippen LogP contribution in [0.25, 0.3) is 0 Å². The van der Waals surface area contributed by atoms with Crippen LogP contribution in [0.15, 0.2) is 36.4 Å². The quantitative estimate of drug-likeness (QED) is 0.787. The highest BCUT2D eigenvalue weighted by Crippen LogP contribution is 2.41. The SMILES string of the molecule is COc1ccc(OC)c(NC(=O)C2CC2C(=O)Nc2cc(Cl)ccc2C)c1. The van der Waals surface area contributed by atoms with E-state index in [4.69, 9.17) is 21.1 Å². The standard InChI is InChI=1S/C20H21ClN2O4/c1-11-4-5-12(21)8-16(11)22-19(24)14-10-15(14)20(25)23-17-9-13(26-2)6-7-18(17)27-3/h4-9,14-15H,10H2,1-3H3,(H,22,24)(H,23,25). The van der Waals surface area contributed by atoms with Crippen LogP contribution in [-0.4, -0.2) is 26.0 Å². The zero-order chi connectivity index (χ0) is 19.6. The van der Waals surface area contributed by atoms with E-state index in [0.29, 0.717) is 34.3 Å². The van der Waals surface area contributed by atoms with E-state index < -0.39 is 0 Å². The van der Waals surface area contributed by atoms with Gasteiger partial charge < -0.3 is 20.1 Å². The number of nitrogens with one attached hydrogen (secondary N) is 2. The molecular weight excluding hydrogens is 368 g/mol. The predicted molar refractivity (Wildman–Crippen MR) is 105 cm³/mol. The van der Waals surface area contributed by atoms with Gasteiger partial charge in [0.2, 0.25) is 11.8 Å². The molecule has 0 aliphatic heterocycles. The Labute approximate surface area is 162 Å². The van der Waals surface area contributed by atoms with Gasteiger partial charge >= 0.3 is 0 Å². The van der Waals surface area contributed by atoms with E-state index in [9.17, 15) is 9.59 Å². The number of halogens is 1. The van der Waals surface area contributed by atoms with Crippen LogP contribution in [0.2, 0.25) is 5.02 Å². The molecular formula is C20H21ClN2O4. The van der Waals surface area contributed by atoms with Crippen molar-refractivity contribution >= 4 is 34.8 Å². The second-order valence-corrected chi connectivity index (χ2v) is 6.89. The molecule has 0 spiro atoms. The van der Waals surface area contributed by atoms with Crippen molar-refractivity contribution in [2.45, 2.75) is 13.3 Å². The van der Waals surface area contributed by atoms with E-state index in [2.05, 4.69) is 10.6 Å². The third-order valence-electron chi connectivity index (χ3n) is 4.59. The Morgan fingerprint density at radius 3 is 2.26 bits per heavy atom. The summed E-state index contributed by atoms with van der Waals surface area (Å²) in [7, 11) is 3.07. The maximum Gasteiger partial charge on any atom is 0.228 e. The van der Waals surface area contributed by atoms with Gasteiger partial charge in [-0.05, 0) is 43.2 Å². The van der Waals surface area contributed by atoms with Crippen molar-refractivity contribution in [3.8, 4) is 11.5 Å². The molecule has 27 heavy (non-hydrogen) atoms. The largest absolute Gasteiger partial charge is 0.497 e. The third-order valence-corrected chi connectivity index (χ3v) is 4.82. The average Bonchev–Trinajstić information content (AvgIpc) is 3.45. The van der Waals surface area contributed by atoms with Crippen molar-refractivity contribution in [2.24, 2.45) is 11.8 Å². The molecule has 142 valence electrons. The lowest BCUT2D eigenvalue weighted by Gasteiger charge is -2.12. The number of carbonyl (C=O) groups is 2. The second kappa shape index (κ2) is 7.88. The van der Waals surface area contributed by atoms with E-state index in [1.807, 2.05) is 13.0 Å². The summed E-state index contributed by atoms with van der Waals surface area (Å²) in [6, 6.07) is 10.4. The lowest BCUT2D eigenvalue weighted by atomic mass is 10.2. The Bertz CT molecular complexity index is 884. The van der Waals surface area contributed by atoms with Gasteiger partial charge in [0.05, 0.1) is 31.7 Å². The molecule has 0 aromatic heterocycles. The topological polar surface area (TPSA) is 76.7 Å². The summed E-state index contributed by atoms with van der Waals surface area (Å²) in [5.41, 5.74) is 2.09. The zero-order valence-electron chi connectivity index (χ0n) is 15.3. The van der Waals surface area contributed by atoms with Gasteiger partial charge in [0.25, 0.3) is 0 Å². The molecule has 2 unspecified atom stereocenters. The molecule has 0 radical (unpaired) electrons. The van der Waals surface area contributed by atoms with Gasteiger partial charge in [-0.2, -0.15) is 0 Å². The lowest BCUT2D eigenvalue weighted by Crippen LogP contribution is -2.21. The zero-order valence-corrected chi connectivity index (χ0v) is 16.1. The normalized spacial score (nSPS) is 17.8. The number of benzene rings is 2. The van der Waals surface area contributed by atoms with Crippen molar-refractivity contribution in [3.63, 3.8) is 0 Å². The Morgan fingerprint density at radius 2 is 1.63 bits per heavy atom. The fraction of sp³-hybridized carbons (Fsp3) is 0.300. The molecule has 2 aromatic carbocycles. The molecule has 2 N–H and O–H groups in total. The van der Waals surface area contributed by atoms with Crippen molar-refractivity contribution in [3.05, 3.63) is 47.0 Å². The molecule has 0 saturated heterocycles. The molecule has 6 nitrogen and oxygen atoms in total. The number of methoxy groups -OCH3 is 2. The van der Waals surface area contributed by atoms with Crippen LogP contribution in [0.4, 0.5) is 11.4 Å². The fourth-order valence-electron chi connectivity index (χ4n) is 2.87. The van der Waals surface area contributed by atoms with E-state index in [1.54, 1.807) is 37.4 Å². The van der Waals surface area contributed by atoms with Gasteiger partial charge in [0.1, 0.15) is 11.5 Å². The summed E-state index contributed by atoms with van der Waals surface area (Å²) >= 11 is 5.98. The molecule has 1 fully saturated rings. The predicted octanol–water partition coefficient (Wildman–Crippen LogP) is 3.88. The lowest BCUT2D eigenvalue weighted by molar-refractivity contribution is -0.122. The Balaban J connectivity index is 1.63. The van der Waals surface area contributed by atoms with Crippen molar-refractivity contribution < 1.29 is 19.1 Å². The molecule has 1 aliphatic carbocycles. The minimum absolute atomic E-state index is 0.182. The van der Waals surface area contributed by atoms with E-state index in [1.165, 1.54) is 7.11 Å². The number of ether oxygens (including phenoxy) is 2. The van der Waals surface area contributed by atoms with Crippen LogP contribution < -0.4 is 20.1 Å². The number of hydrogen-bond acceptors (Lipinski definition) is 4. The number of anilines is 2. The number of aryl methyl sites for hydroxylation is 1. The summed E-state index contributed by atoms with van der Waals surface area (Å²) in [6.45, 7) is 1.89. The van der Waals surface area contributed by atoms with Gasteiger partial charge in [-0.3, -0.25) is 9.59 Å². The molecule has 0 bridgehead atoms. The van der Waals surface area contributed by atoms with Crippen LogP contribution >= 0.6 is 11.6 Å². The minimum Gasteiger partial charge on any atom is -0.497 e. The molecule has 7 heteroatoms.